The Morgan fingerprint density at radius 3 is 2.15 bits per heavy atom. The SMILES string of the molecule is C/C=C\CC(=O)NC1CCCCNC1=O.C=CCC(=O)NCCOCC.CC#CC1=C(C)Sc2ccccc2C(c2ccccn2)=N1.CCC1=CSc2ccccc2C(c2ccccn2)=N1. The van der Waals surface area contributed by atoms with Gasteiger partial charge in [0.2, 0.25) is 17.7 Å². The van der Waals surface area contributed by atoms with Crippen LogP contribution in [0.2, 0.25) is 0 Å². The van der Waals surface area contributed by atoms with Crippen LogP contribution in [-0.4, -0.2) is 71.5 Å². The number of benzene rings is 2. The molecule has 1 saturated heterocycles. The molecule has 0 aliphatic carbocycles. The van der Waals surface area contributed by atoms with E-state index in [0.717, 1.165) is 82.5 Å². The minimum Gasteiger partial charge on any atom is -0.380 e. The summed E-state index contributed by atoms with van der Waals surface area (Å²) in [6.07, 6.45) is 13.2. The van der Waals surface area contributed by atoms with Gasteiger partial charge in [-0.1, -0.05) is 103 Å². The van der Waals surface area contributed by atoms with Gasteiger partial charge in [-0.2, -0.15) is 0 Å². The number of nitrogens with one attached hydrogen (secondary N) is 3. The topological polar surface area (TPSA) is 147 Å². The van der Waals surface area contributed by atoms with Crippen molar-refractivity contribution in [2.45, 2.75) is 89.0 Å². The van der Waals surface area contributed by atoms with Crippen LogP contribution in [0.1, 0.15) is 95.7 Å². The zero-order chi connectivity index (χ0) is 47.4. The first-order valence-corrected chi connectivity index (χ1v) is 23.9. The maximum atomic E-state index is 11.5. The summed E-state index contributed by atoms with van der Waals surface area (Å²) in [5.74, 6) is 5.91. The molecule has 344 valence electrons. The minimum absolute atomic E-state index is 0.000275. The van der Waals surface area contributed by atoms with Gasteiger partial charge in [0.1, 0.15) is 11.7 Å². The second-order valence-electron chi connectivity index (χ2n) is 14.5. The molecule has 1 unspecified atom stereocenters. The van der Waals surface area contributed by atoms with E-state index in [1.165, 1.54) is 9.79 Å². The lowest BCUT2D eigenvalue weighted by atomic mass is 10.1. The molecule has 7 rings (SSSR count). The molecular formula is C53H61N7O4S2. The van der Waals surface area contributed by atoms with Crippen molar-refractivity contribution >= 4 is 52.7 Å². The van der Waals surface area contributed by atoms with Crippen LogP contribution in [0.5, 0.6) is 0 Å². The van der Waals surface area contributed by atoms with E-state index in [4.69, 9.17) is 14.7 Å². The summed E-state index contributed by atoms with van der Waals surface area (Å²) >= 11 is 3.45. The number of aliphatic imine (C=N–C) groups is 2. The quantitative estimate of drug-likeness (QED) is 0.0723. The highest BCUT2D eigenvalue weighted by Crippen LogP contribution is 2.36. The highest BCUT2D eigenvalue weighted by atomic mass is 32.2. The fourth-order valence-corrected chi connectivity index (χ4v) is 8.18. The number of hydrogen-bond acceptors (Lipinski definition) is 10. The first-order chi connectivity index (χ1) is 32.2. The van der Waals surface area contributed by atoms with Crippen LogP contribution < -0.4 is 16.0 Å². The summed E-state index contributed by atoms with van der Waals surface area (Å²) in [6.45, 7) is 15.8. The van der Waals surface area contributed by atoms with Crippen LogP contribution >= 0.6 is 23.5 Å². The van der Waals surface area contributed by atoms with Crippen LogP contribution in [0.25, 0.3) is 0 Å². The predicted octanol–water partition coefficient (Wildman–Crippen LogP) is 10.0. The number of thioether (sulfide) groups is 2. The van der Waals surface area contributed by atoms with Gasteiger partial charge in [-0.25, -0.2) is 9.98 Å². The summed E-state index contributed by atoms with van der Waals surface area (Å²) in [5.41, 5.74) is 7.83. The fourth-order valence-electron chi connectivity index (χ4n) is 6.30. The van der Waals surface area contributed by atoms with Gasteiger partial charge in [0.15, 0.2) is 0 Å². The maximum absolute atomic E-state index is 11.5. The van der Waals surface area contributed by atoms with Crippen LogP contribution in [-0.2, 0) is 19.1 Å². The second-order valence-corrected chi connectivity index (χ2v) is 16.7. The number of hydrogen-bond donors (Lipinski definition) is 3. The number of rotatable bonds is 12. The molecule has 2 aromatic heterocycles. The Bertz CT molecular complexity index is 2440. The van der Waals surface area contributed by atoms with E-state index < -0.39 is 0 Å². The molecule has 3 aliphatic rings. The monoisotopic (exact) mass is 923 g/mol. The van der Waals surface area contributed by atoms with Crippen molar-refractivity contribution in [1.82, 2.24) is 25.9 Å². The number of carbonyl (C=O) groups is 3. The number of allylic oxidation sites excluding steroid dienone is 4. The largest absolute Gasteiger partial charge is 0.380 e. The molecule has 3 N–H and O–H groups in total. The summed E-state index contributed by atoms with van der Waals surface area (Å²) < 4.78 is 5.02. The Balaban J connectivity index is 0.000000198. The third-order valence-electron chi connectivity index (χ3n) is 9.61. The first-order valence-electron chi connectivity index (χ1n) is 22.2. The minimum atomic E-state index is -0.342. The van der Waals surface area contributed by atoms with Gasteiger partial charge in [0.05, 0.1) is 29.4 Å². The number of fused-ring (bicyclic) bond motifs is 2. The summed E-state index contributed by atoms with van der Waals surface area (Å²) in [5, 5.41) is 10.3. The average molecular weight is 924 g/mol. The lowest BCUT2D eigenvalue weighted by Crippen LogP contribution is -2.45. The molecular weight excluding hydrogens is 863 g/mol. The van der Waals surface area contributed by atoms with E-state index in [0.29, 0.717) is 32.6 Å². The number of amides is 3. The number of ether oxygens (including phenoxy) is 1. The zero-order valence-corrected chi connectivity index (χ0v) is 40.3. The Labute approximate surface area is 399 Å². The molecule has 2 aromatic carbocycles. The molecule has 4 aromatic rings. The van der Waals surface area contributed by atoms with Gasteiger partial charge in [-0.15, -0.1) is 6.58 Å². The second kappa shape index (κ2) is 30.0. The van der Waals surface area contributed by atoms with Gasteiger partial charge in [-0.05, 0) is 101 Å². The van der Waals surface area contributed by atoms with Crippen LogP contribution in [0.4, 0.5) is 0 Å². The number of pyridine rings is 2. The molecule has 0 bridgehead atoms. The molecule has 5 heterocycles. The van der Waals surface area contributed by atoms with Crippen molar-refractivity contribution in [3.8, 4) is 11.8 Å². The van der Waals surface area contributed by atoms with Crippen molar-refractivity contribution in [3.05, 3.63) is 166 Å². The van der Waals surface area contributed by atoms with E-state index in [2.05, 4.69) is 100.0 Å². The smallest absolute Gasteiger partial charge is 0.242 e. The van der Waals surface area contributed by atoms with Gasteiger partial charge in [0, 0.05) is 76.5 Å². The molecule has 3 amide bonds. The fraction of sp³-hybridized carbons (Fsp3) is 0.302. The lowest BCUT2D eigenvalue weighted by Gasteiger charge is -2.14. The molecule has 11 nitrogen and oxygen atoms in total. The molecule has 3 aliphatic heterocycles. The zero-order valence-electron chi connectivity index (χ0n) is 38.6. The molecule has 1 fully saturated rings. The average Bonchev–Trinajstić information content (AvgIpc) is 3.74. The standard InChI is InChI=1S/C18H14N2S.C16H14N2S.C11H18N2O2.C8H15NO2/c1-3-8-15-13(2)21-17-11-5-4-9-14(17)18(20-15)16-10-6-7-12-19-16;1-2-12-11-19-15-9-4-3-7-13(15)16(18-12)14-8-5-6-10-17-14;1-2-3-7-10(14)13-9-6-4-5-8-12-11(9)15;1-3-5-8(10)9-6-7-11-4-2/h4-7,9-12H,1-2H3;3-11H,2H2,1H3;2-3,9H,4-8H2,1H3,(H,12,15)(H,13,14);3H,1,4-7H2,2H3,(H,9,10)/b;;3-2-;. The predicted molar refractivity (Wildman–Crippen MR) is 271 cm³/mol. The molecule has 66 heavy (non-hydrogen) atoms. The Morgan fingerprint density at radius 2 is 1.53 bits per heavy atom. The Morgan fingerprint density at radius 1 is 0.879 bits per heavy atom. The summed E-state index contributed by atoms with van der Waals surface area (Å²) in [4.78, 5) is 55.7. The van der Waals surface area contributed by atoms with E-state index in [-0.39, 0.29) is 23.8 Å². The third kappa shape index (κ3) is 17.6. The highest BCUT2D eigenvalue weighted by Gasteiger charge is 2.22. The molecule has 0 spiro atoms. The molecule has 13 heteroatoms. The van der Waals surface area contributed by atoms with E-state index in [9.17, 15) is 14.4 Å². The van der Waals surface area contributed by atoms with Crippen LogP contribution in [0.3, 0.4) is 0 Å². The summed E-state index contributed by atoms with van der Waals surface area (Å²) in [6, 6.07) is 28.1. The molecule has 1 atom stereocenters. The van der Waals surface area contributed by atoms with Crippen LogP contribution in [0.15, 0.2) is 164 Å². The van der Waals surface area contributed by atoms with Gasteiger partial charge < -0.3 is 20.7 Å². The third-order valence-corrected chi connectivity index (χ3v) is 11.7. The van der Waals surface area contributed by atoms with Crippen LogP contribution in [0, 0.1) is 11.8 Å². The van der Waals surface area contributed by atoms with Crippen molar-refractivity contribution < 1.29 is 19.1 Å². The van der Waals surface area contributed by atoms with Gasteiger partial charge in [0.25, 0.3) is 0 Å². The van der Waals surface area contributed by atoms with Crippen molar-refractivity contribution in [3.63, 3.8) is 0 Å². The molecule has 0 radical (unpaired) electrons. The number of carbonyl (C=O) groups excluding carboxylic acids is 3. The lowest BCUT2D eigenvalue weighted by molar-refractivity contribution is -0.128. The van der Waals surface area contributed by atoms with Crippen molar-refractivity contribution in [2.75, 3.05) is 26.3 Å². The van der Waals surface area contributed by atoms with Crippen molar-refractivity contribution in [1.29, 1.82) is 0 Å². The molecule has 0 saturated carbocycles. The van der Waals surface area contributed by atoms with E-state index in [1.54, 1.807) is 41.9 Å². The first kappa shape index (κ1) is 52.3. The Hall–Kier alpha value is -6.33. The number of nitrogens with zero attached hydrogens (tertiary/aromatic N) is 4. The van der Waals surface area contributed by atoms with E-state index >= 15 is 0 Å². The van der Waals surface area contributed by atoms with Crippen molar-refractivity contribution in [2.24, 2.45) is 9.98 Å². The maximum Gasteiger partial charge on any atom is 0.242 e. The van der Waals surface area contributed by atoms with Gasteiger partial charge in [-0.3, -0.25) is 24.4 Å². The van der Waals surface area contributed by atoms with E-state index in [1.807, 2.05) is 81.6 Å². The summed E-state index contributed by atoms with van der Waals surface area (Å²) in [7, 11) is 0. The highest BCUT2D eigenvalue weighted by molar-refractivity contribution is 8.03. The van der Waals surface area contributed by atoms with Gasteiger partial charge >= 0.3 is 0 Å². The number of aromatic nitrogens is 2. The normalized spacial score (nSPS) is 15.0. The Kier molecular flexibility index (Phi) is 23.8.